The predicted octanol–water partition coefficient (Wildman–Crippen LogP) is 2.59. The molecule has 0 bridgehead atoms. The van der Waals surface area contributed by atoms with E-state index in [1.165, 1.54) is 0 Å². The minimum atomic E-state index is -0.137. The zero-order valence-corrected chi connectivity index (χ0v) is 13.9. The van der Waals surface area contributed by atoms with Crippen molar-refractivity contribution in [1.82, 2.24) is 14.9 Å². The van der Waals surface area contributed by atoms with Crippen LogP contribution in [0.1, 0.15) is 17.5 Å². The van der Waals surface area contributed by atoms with Crippen molar-refractivity contribution in [3.8, 4) is 5.75 Å². The lowest BCUT2D eigenvalue weighted by Crippen LogP contribution is -2.30. The van der Waals surface area contributed by atoms with Crippen LogP contribution in [-0.2, 0) is 7.05 Å². The molecule has 0 aliphatic carbocycles. The molecule has 0 aliphatic rings. The summed E-state index contributed by atoms with van der Waals surface area (Å²) in [4.78, 5) is 17.1. The summed E-state index contributed by atoms with van der Waals surface area (Å²) >= 11 is 1.73. The molecule has 0 aliphatic heterocycles. The van der Waals surface area contributed by atoms with E-state index in [1.807, 2.05) is 31.3 Å². The summed E-state index contributed by atoms with van der Waals surface area (Å²) in [5, 5.41) is 2.92. The van der Waals surface area contributed by atoms with Crippen molar-refractivity contribution < 1.29 is 9.53 Å². The van der Waals surface area contributed by atoms with Crippen LogP contribution in [0.2, 0.25) is 0 Å². The van der Waals surface area contributed by atoms with Gasteiger partial charge in [-0.3, -0.25) is 4.79 Å². The fourth-order valence-corrected chi connectivity index (χ4v) is 3.01. The quantitative estimate of drug-likeness (QED) is 0.797. The highest BCUT2D eigenvalue weighted by molar-refractivity contribution is 7.99. The first-order valence-electron chi connectivity index (χ1n) is 7.13. The molecule has 22 heavy (non-hydrogen) atoms. The first kappa shape index (κ1) is 16.4. The van der Waals surface area contributed by atoms with Crippen molar-refractivity contribution >= 4 is 17.7 Å². The monoisotopic (exact) mass is 319 g/mol. The fourth-order valence-electron chi connectivity index (χ4n) is 1.96. The van der Waals surface area contributed by atoms with Gasteiger partial charge in [-0.25, -0.2) is 4.98 Å². The highest BCUT2D eigenvalue weighted by atomic mass is 32.2. The predicted molar refractivity (Wildman–Crippen MR) is 88.4 cm³/mol. The zero-order chi connectivity index (χ0) is 15.9. The summed E-state index contributed by atoms with van der Waals surface area (Å²) in [5.41, 5.74) is 0. The molecule has 0 spiro atoms. The molecule has 2 aromatic rings. The molecule has 1 amide bonds. The van der Waals surface area contributed by atoms with E-state index in [9.17, 15) is 4.79 Å². The number of nitrogens with one attached hydrogen (secondary N) is 1. The van der Waals surface area contributed by atoms with Crippen LogP contribution in [0.3, 0.4) is 0 Å². The van der Waals surface area contributed by atoms with Crippen LogP contribution in [0, 0.1) is 5.92 Å². The van der Waals surface area contributed by atoms with E-state index in [1.54, 1.807) is 35.8 Å². The van der Waals surface area contributed by atoms with Gasteiger partial charge in [0.25, 0.3) is 5.91 Å². The van der Waals surface area contributed by atoms with Crippen LogP contribution in [-0.4, -0.2) is 34.9 Å². The lowest BCUT2D eigenvalue weighted by Gasteiger charge is -2.13. The molecule has 6 heteroatoms. The number of hydrogen-bond donors (Lipinski definition) is 1. The van der Waals surface area contributed by atoms with Gasteiger partial charge in [-0.2, -0.15) is 0 Å². The van der Waals surface area contributed by atoms with E-state index in [-0.39, 0.29) is 5.91 Å². The Morgan fingerprint density at radius 2 is 2.23 bits per heavy atom. The number of rotatable bonds is 7. The standard InChI is InChI=1S/C16H21N3O2S/c1-12(10-18-16(20)15-17-8-9-19(15)2)11-22-14-7-5-4-6-13(14)21-3/h4-9,12H,10-11H2,1-3H3,(H,18,20)/t12-/m0/s1. The Bertz CT molecular complexity index is 627. The Morgan fingerprint density at radius 3 is 2.91 bits per heavy atom. The molecule has 0 unspecified atom stereocenters. The van der Waals surface area contributed by atoms with Gasteiger partial charge in [0.1, 0.15) is 5.75 Å². The van der Waals surface area contributed by atoms with Crippen molar-refractivity contribution in [1.29, 1.82) is 0 Å². The number of imidazole rings is 1. The third-order valence-corrected chi connectivity index (χ3v) is 4.61. The van der Waals surface area contributed by atoms with Crippen LogP contribution >= 0.6 is 11.8 Å². The van der Waals surface area contributed by atoms with E-state index < -0.39 is 0 Å². The highest BCUT2D eigenvalue weighted by Crippen LogP contribution is 2.29. The molecule has 1 aromatic heterocycles. The average Bonchev–Trinajstić information content (AvgIpc) is 2.97. The Kier molecular flexibility index (Phi) is 5.89. The second kappa shape index (κ2) is 7.89. The number of carbonyl (C=O) groups excluding carboxylic acids is 1. The van der Waals surface area contributed by atoms with Crippen LogP contribution in [0.4, 0.5) is 0 Å². The molecule has 1 heterocycles. The van der Waals surface area contributed by atoms with Crippen LogP contribution in [0.25, 0.3) is 0 Å². The number of nitrogens with zero attached hydrogens (tertiary/aromatic N) is 2. The van der Waals surface area contributed by atoms with E-state index in [0.29, 0.717) is 18.3 Å². The molecule has 0 saturated carbocycles. The minimum absolute atomic E-state index is 0.137. The van der Waals surface area contributed by atoms with Crippen molar-refractivity contribution in [2.24, 2.45) is 13.0 Å². The Hall–Kier alpha value is -1.95. The molecule has 118 valence electrons. The first-order chi connectivity index (χ1) is 10.6. The van der Waals surface area contributed by atoms with E-state index in [0.717, 1.165) is 16.4 Å². The lowest BCUT2D eigenvalue weighted by molar-refractivity contribution is 0.0936. The summed E-state index contributed by atoms with van der Waals surface area (Å²) < 4.78 is 7.05. The maximum atomic E-state index is 12.0. The van der Waals surface area contributed by atoms with Gasteiger partial charge in [-0.1, -0.05) is 19.1 Å². The van der Waals surface area contributed by atoms with E-state index in [4.69, 9.17) is 4.74 Å². The summed E-state index contributed by atoms with van der Waals surface area (Å²) in [6.07, 6.45) is 3.38. The second-order valence-corrected chi connectivity index (χ2v) is 6.20. The Labute approximate surface area is 135 Å². The molecule has 0 radical (unpaired) electrons. The molecule has 1 N–H and O–H groups in total. The van der Waals surface area contributed by atoms with Crippen LogP contribution < -0.4 is 10.1 Å². The van der Waals surface area contributed by atoms with Gasteiger partial charge in [-0.15, -0.1) is 11.8 Å². The number of carbonyl (C=O) groups is 1. The Balaban J connectivity index is 1.80. The van der Waals surface area contributed by atoms with Crippen molar-refractivity contribution in [2.45, 2.75) is 11.8 Å². The van der Waals surface area contributed by atoms with Gasteiger partial charge in [0.2, 0.25) is 0 Å². The minimum Gasteiger partial charge on any atom is -0.496 e. The normalized spacial score (nSPS) is 12.0. The molecule has 1 aromatic carbocycles. The number of methoxy groups -OCH3 is 1. The number of hydrogen-bond acceptors (Lipinski definition) is 4. The fraction of sp³-hybridized carbons (Fsp3) is 0.375. The summed E-state index contributed by atoms with van der Waals surface area (Å²) in [7, 11) is 3.48. The molecule has 0 saturated heterocycles. The number of aromatic nitrogens is 2. The molecule has 0 fully saturated rings. The molecule has 2 rings (SSSR count). The highest BCUT2D eigenvalue weighted by Gasteiger charge is 2.12. The number of ether oxygens (including phenoxy) is 1. The number of aryl methyl sites for hydroxylation is 1. The van der Waals surface area contributed by atoms with Crippen LogP contribution in [0.15, 0.2) is 41.6 Å². The largest absolute Gasteiger partial charge is 0.496 e. The van der Waals surface area contributed by atoms with Crippen LogP contribution in [0.5, 0.6) is 5.75 Å². The van der Waals surface area contributed by atoms with Gasteiger partial charge in [0, 0.05) is 36.6 Å². The number of amides is 1. The lowest BCUT2D eigenvalue weighted by atomic mass is 10.2. The van der Waals surface area contributed by atoms with E-state index >= 15 is 0 Å². The van der Waals surface area contributed by atoms with Gasteiger partial charge in [0.15, 0.2) is 5.82 Å². The molecule has 5 nitrogen and oxygen atoms in total. The van der Waals surface area contributed by atoms with E-state index in [2.05, 4.69) is 17.2 Å². The summed E-state index contributed by atoms with van der Waals surface area (Å²) in [6.45, 7) is 2.73. The zero-order valence-electron chi connectivity index (χ0n) is 13.1. The third-order valence-electron chi connectivity index (χ3n) is 3.23. The first-order valence-corrected chi connectivity index (χ1v) is 8.11. The second-order valence-electron chi connectivity index (χ2n) is 5.14. The van der Waals surface area contributed by atoms with Gasteiger partial charge in [-0.05, 0) is 18.1 Å². The number of benzene rings is 1. The molecular weight excluding hydrogens is 298 g/mol. The summed E-state index contributed by atoms with van der Waals surface area (Å²) in [6, 6.07) is 7.95. The van der Waals surface area contributed by atoms with Crippen molar-refractivity contribution in [2.75, 3.05) is 19.4 Å². The van der Waals surface area contributed by atoms with Crippen molar-refractivity contribution in [3.05, 3.63) is 42.5 Å². The topological polar surface area (TPSA) is 56.1 Å². The van der Waals surface area contributed by atoms with Gasteiger partial charge in [0.05, 0.1) is 7.11 Å². The molecular formula is C16H21N3O2S. The number of thioether (sulfide) groups is 1. The Morgan fingerprint density at radius 1 is 1.45 bits per heavy atom. The maximum Gasteiger partial charge on any atom is 0.287 e. The number of para-hydroxylation sites is 1. The average molecular weight is 319 g/mol. The third kappa shape index (κ3) is 4.27. The maximum absolute atomic E-state index is 12.0. The SMILES string of the molecule is COc1ccccc1SC[C@@H](C)CNC(=O)c1nccn1C. The van der Waals surface area contributed by atoms with Gasteiger partial charge >= 0.3 is 0 Å². The van der Waals surface area contributed by atoms with Gasteiger partial charge < -0.3 is 14.6 Å². The smallest absolute Gasteiger partial charge is 0.287 e. The summed E-state index contributed by atoms with van der Waals surface area (Å²) in [5.74, 6) is 2.43. The molecule has 1 atom stereocenters. The van der Waals surface area contributed by atoms with Crippen molar-refractivity contribution in [3.63, 3.8) is 0 Å².